The van der Waals surface area contributed by atoms with E-state index in [-0.39, 0.29) is 18.0 Å². The second-order valence-corrected chi connectivity index (χ2v) is 6.59. The first-order chi connectivity index (χ1) is 10.1. The highest BCUT2D eigenvalue weighted by molar-refractivity contribution is 9.10. The number of amides is 1. The molecule has 1 saturated heterocycles. The van der Waals surface area contributed by atoms with E-state index in [0.29, 0.717) is 19.6 Å². The van der Waals surface area contributed by atoms with Crippen LogP contribution < -0.4 is 5.32 Å². The molecule has 0 saturated carbocycles. The standard InChI is InChI=1S/C16H23BrN2O2/c1-12(2)19(10-13-4-3-5-14(17)8-13)16(20)9-15-11-21-7-6-18-15/h3-5,8,12,15,18H,6-7,9-11H2,1-2H3. The SMILES string of the molecule is CC(C)N(Cc1cccc(Br)c1)C(=O)CC1COCCN1. The molecule has 1 N–H and O–H groups in total. The second-order valence-electron chi connectivity index (χ2n) is 5.68. The number of hydrogen-bond acceptors (Lipinski definition) is 3. The Morgan fingerprint density at radius 3 is 2.95 bits per heavy atom. The average Bonchev–Trinajstić information content (AvgIpc) is 2.45. The average molecular weight is 355 g/mol. The van der Waals surface area contributed by atoms with Gasteiger partial charge in [0.2, 0.25) is 5.91 Å². The molecule has 5 heteroatoms. The highest BCUT2D eigenvalue weighted by Gasteiger charge is 2.23. The van der Waals surface area contributed by atoms with Crippen LogP contribution in [0.3, 0.4) is 0 Å². The topological polar surface area (TPSA) is 41.6 Å². The first kappa shape index (κ1) is 16.5. The number of benzene rings is 1. The lowest BCUT2D eigenvalue weighted by molar-refractivity contribution is -0.134. The van der Waals surface area contributed by atoms with Crippen LogP contribution in [0.15, 0.2) is 28.7 Å². The second kappa shape index (κ2) is 7.92. The number of nitrogens with one attached hydrogen (secondary N) is 1. The predicted molar refractivity (Wildman–Crippen MR) is 87.1 cm³/mol. The third-order valence-corrected chi connectivity index (χ3v) is 4.10. The minimum absolute atomic E-state index is 0.134. The Labute approximate surface area is 135 Å². The quantitative estimate of drug-likeness (QED) is 0.883. The molecule has 0 bridgehead atoms. The van der Waals surface area contributed by atoms with Gasteiger partial charge in [0, 0.05) is 36.1 Å². The fourth-order valence-corrected chi connectivity index (χ4v) is 2.92. The zero-order valence-electron chi connectivity index (χ0n) is 12.6. The van der Waals surface area contributed by atoms with Crippen LogP contribution in [0.25, 0.3) is 0 Å². The van der Waals surface area contributed by atoms with E-state index in [1.165, 1.54) is 0 Å². The number of hydrogen-bond donors (Lipinski definition) is 1. The fraction of sp³-hybridized carbons (Fsp3) is 0.562. The van der Waals surface area contributed by atoms with Gasteiger partial charge in [-0.05, 0) is 31.5 Å². The van der Waals surface area contributed by atoms with Crippen molar-refractivity contribution in [2.45, 2.75) is 38.9 Å². The minimum Gasteiger partial charge on any atom is -0.378 e. The molecular weight excluding hydrogens is 332 g/mol. The van der Waals surface area contributed by atoms with E-state index in [9.17, 15) is 4.79 Å². The smallest absolute Gasteiger partial charge is 0.224 e. The molecule has 1 unspecified atom stereocenters. The number of nitrogens with zero attached hydrogens (tertiary/aromatic N) is 1. The van der Waals surface area contributed by atoms with Crippen molar-refractivity contribution in [1.82, 2.24) is 10.2 Å². The van der Waals surface area contributed by atoms with Crippen molar-refractivity contribution in [3.05, 3.63) is 34.3 Å². The Balaban J connectivity index is 1.98. The number of carbonyl (C=O) groups excluding carboxylic acids is 1. The first-order valence-corrected chi connectivity index (χ1v) is 8.20. The molecule has 0 aromatic heterocycles. The van der Waals surface area contributed by atoms with E-state index in [0.717, 1.165) is 23.2 Å². The summed E-state index contributed by atoms with van der Waals surface area (Å²) in [6.45, 7) is 6.93. The number of carbonyl (C=O) groups is 1. The zero-order valence-corrected chi connectivity index (χ0v) is 14.2. The van der Waals surface area contributed by atoms with Gasteiger partial charge in [-0.2, -0.15) is 0 Å². The normalized spacial score (nSPS) is 18.8. The maximum Gasteiger partial charge on any atom is 0.224 e. The van der Waals surface area contributed by atoms with Crippen molar-refractivity contribution in [2.24, 2.45) is 0 Å². The molecular formula is C16H23BrN2O2. The van der Waals surface area contributed by atoms with Gasteiger partial charge in [-0.15, -0.1) is 0 Å². The van der Waals surface area contributed by atoms with Crippen molar-refractivity contribution >= 4 is 21.8 Å². The summed E-state index contributed by atoms with van der Waals surface area (Å²) < 4.78 is 6.46. The van der Waals surface area contributed by atoms with Crippen LogP contribution >= 0.6 is 15.9 Å². The molecule has 1 amide bonds. The minimum atomic E-state index is 0.134. The highest BCUT2D eigenvalue weighted by Crippen LogP contribution is 2.16. The summed E-state index contributed by atoms with van der Waals surface area (Å²) >= 11 is 3.48. The Morgan fingerprint density at radius 2 is 2.33 bits per heavy atom. The molecule has 116 valence electrons. The maximum atomic E-state index is 12.6. The molecule has 0 aliphatic carbocycles. The molecule has 1 heterocycles. The van der Waals surface area contributed by atoms with Crippen LogP contribution in [0, 0.1) is 0 Å². The molecule has 1 fully saturated rings. The summed E-state index contributed by atoms with van der Waals surface area (Å²) in [5.74, 6) is 0.174. The number of halogens is 1. The molecule has 0 radical (unpaired) electrons. The van der Waals surface area contributed by atoms with Gasteiger partial charge in [-0.1, -0.05) is 28.1 Å². The van der Waals surface area contributed by atoms with E-state index >= 15 is 0 Å². The molecule has 1 aromatic rings. The fourth-order valence-electron chi connectivity index (χ4n) is 2.47. The number of rotatable bonds is 5. The van der Waals surface area contributed by atoms with Gasteiger partial charge < -0.3 is 15.0 Å². The molecule has 0 spiro atoms. The van der Waals surface area contributed by atoms with E-state index in [4.69, 9.17) is 4.74 Å². The van der Waals surface area contributed by atoms with Crippen LogP contribution in [-0.2, 0) is 16.1 Å². The van der Waals surface area contributed by atoms with Crippen LogP contribution in [0.1, 0.15) is 25.8 Å². The van der Waals surface area contributed by atoms with Crippen molar-refractivity contribution in [3.8, 4) is 0 Å². The summed E-state index contributed by atoms with van der Waals surface area (Å²) in [5.41, 5.74) is 1.14. The van der Waals surface area contributed by atoms with Crippen molar-refractivity contribution in [3.63, 3.8) is 0 Å². The largest absolute Gasteiger partial charge is 0.378 e. The molecule has 21 heavy (non-hydrogen) atoms. The molecule has 4 nitrogen and oxygen atoms in total. The van der Waals surface area contributed by atoms with Crippen LogP contribution in [-0.4, -0.2) is 42.6 Å². The van der Waals surface area contributed by atoms with Gasteiger partial charge in [-0.3, -0.25) is 4.79 Å². The Hall–Kier alpha value is -0.910. The third-order valence-electron chi connectivity index (χ3n) is 3.61. The number of morpholine rings is 1. The summed E-state index contributed by atoms with van der Waals surface area (Å²) in [5, 5.41) is 3.34. The lowest BCUT2D eigenvalue weighted by Gasteiger charge is -2.30. The van der Waals surface area contributed by atoms with E-state index in [1.807, 2.05) is 17.0 Å². The van der Waals surface area contributed by atoms with Gasteiger partial charge in [0.15, 0.2) is 0 Å². The summed E-state index contributed by atoms with van der Waals surface area (Å²) in [6, 6.07) is 8.42. The van der Waals surface area contributed by atoms with Crippen molar-refractivity contribution in [2.75, 3.05) is 19.8 Å². The maximum absolute atomic E-state index is 12.6. The summed E-state index contributed by atoms with van der Waals surface area (Å²) in [6.07, 6.45) is 0.492. The van der Waals surface area contributed by atoms with E-state index < -0.39 is 0 Å². The zero-order chi connectivity index (χ0) is 15.2. The van der Waals surface area contributed by atoms with Crippen molar-refractivity contribution < 1.29 is 9.53 Å². The van der Waals surface area contributed by atoms with Crippen molar-refractivity contribution in [1.29, 1.82) is 0 Å². The van der Waals surface area contributed by atoms with E-state index in [2.05, 4.69) is 47.2 Å². The van der Waals surface area contributed by atoms with E-state index in [1.54, 1.807) is 0 Å². The van der Waals surface area contributed by atoms with Gasteiger partial charge >= 0.3 is 0 Å². The molecule has 2 rings (SSSR count). The van der Waals surface area contributed by atoms with Crippen LogP contribution in [0.4, 0.5) is 0 Å². The summed E-state index contributed by atoms with van der Waals surface area (Å²) in [7, 11) is 0. The first-order valence-electron chi connectivity index (χ1n) is 7.41. The van der Waals surface area contributed by atoms with Crippen LogP contribution in [0.5, 0.6) is 0 Å². The highest BCUT2D eigenvalue weighted by atomic mass is 79.9. The lowest BCUT2D eigenvalue weighted by Crippen LogP contribution is -2.46. The summed E-state index contributed by atoms with van der Waals surface area (Å²) in [4.78, 5) is 14.5. The van der Waals surface area contributed by atoms with Crippen LogP contribution in [0.2, 0.25) is 0 Å². The Morgan fingerprint density at radius 1 is 1.52 bits per heavy atom. The Bertz CT molecular complexity index is 473. The van der Waals surface area contributed by atoms with Gasteiger partial charge in [0.25, 0.3) is 0 Å². The van der Waals surface area contributed by atoms with Gasteiger partial charge in [-0.25, -0.2) is 0 Å². The molecule has 1 aromatic carbocycles. The van der Waals surface area contributed by atoms with Gasteiger partial charge in [0.1, 0.15) is 0 Å². The van der Waals surface area contributed by atoms with Gasteiger partial charge in [0.05, 0.1) is 13.2 Å². The monoisotopic (exact) mass is 354 g/mol. The molecule has 1 aliphatic heterocycles. The Kier molecular flexibility index (Phi) is 6.21. The molecule has 1 aliphatic rings. The number of ether oxygens (including phenoxy) is 1. The molecule has 1 atom stereocenters. The third kappa shape index (κ3) is 5.09. The predicted octanol–water partition coefficient (Wildman–Crippen LogP) is 2.56. The lowest BCUT2D eigenvalue weighted by atomic mass is 10.1.